The minimum atomic E-state index is -0.554. The van der Waals surface area contributed by atoms with E-state index in [1.54, 1.807) is 0 Å². The lowest BCUT2D eigenvalue weighted by Crippen LogP contribution is -2.38. The second-order valence-corrected chi connectivity index (χ2v) is 7.73. The Morgan fingerprint density at radius 3 is 2.63 bits per heavy atom. The predicted molar refractivity (Wildman–Crippen MR) is 121 cm³/mol. The van der Waals surface area contributed by atoms with Crippen LogP contribution >= 0.6 is 0 Å². The fourth-order valence-electron chi connectivity index (χ4n) is 3.90. The summed E-state index contributed by atoms with van der Waals surface area (Å²) in [4.78, 5) is 2.28. The number of ether oxygens (including phenoxy) is 1. The summed E-state index contributed by atoms with van der Waals surface area (Å²) in [7, 11) is 0. The third kappa shape index (κ3) is 4.70. The van der Waals surface area contributed by atoms with Crippen LogP contribution in [-0.4, -0.2) is 42.0 Å². The number of rotatable bonds is 7. The molecule has 0 fully saturated rings. The van der Waals surface area contributed by atoms with Gasteiger partial charge in [0.15, 0.2) is 0 Å². The van der Waals surface area contributed by atoms with Gasteiger partial charge in [-0.2, -0.15) is 0 Å². The molecule has 3 aromatic rings. The van der Waals surface area contributed by atoms with Crippen LogP contribution < -0.4 is 10.5 Å². The average molecular weight is 402 g/mol. The molecular formula is C25H27N3O2. The third-order valence-electron chi connectivity index (χ3n) is 5.53. The van der Waals surface area contributed by atoms with E-state index in [1.165, 1.54) is 17.3 Å². The Morgan fingerprint density at radius 2 is 1.83 bits per heavy atom. The molecule has 0 bridgehead atoms. The molecule has 0 radical (unpaired) electrons. The number of nitrogens with one attached hydrogen (secondary N) is 1. The lowest BCUT2D eigenvalue weighted by atomic mass is 10.00. The fraction of sp³-hybridized carbons (Fsp3) is 0.240. The van der Waals surface area contributed by atoms with Crippen LogP contribution in [0.2, 0.25) is 0 Å². The van der Waals surface area contributed by atoms with Crippen molar-refractivity contribution in [2.75, 3.05) is 25.4 Å². The SMILES string of the molecule is N=Cc1ccc(-c2cccc(OCC(O)CN3CCc4ccccc4C3)c2)cc1N. The molecule has 0 amide bonds. The van der Waals surface area contributed by atoms with E-state index in [9.17, 15) is 5.11 Å². The first-order valence-corrected chi connectivity index (χ1v) is 10.2. The van der Waals surface area contributed by atoms with Crippen molar-refractivity contribution in [2.24, 2.45) is 0 Å². The van der Waals surface area contributed by atoms with Gasteiger partial charge in [-0.05, 0) is 46.9 Å². The highest BCUT2D eigenvalue weighted by Gasteiger charge is 2.18. The van der Waals surface area contributed by atoms with Crippen molar-refractivity contribution in [3.05, 3.63) is 83.4 Å². The molecule has 1 unspecified atom stereocenters. The van der Waals surface area contributed by atoms with Gasteiger partial charge in [-0.25, -0.2) is 0 Å². The zero-order chi connectivity index (χ0) is 20.9. The van der Waals surface area contributed by atoms with Crippen LogP contribution in [0.4, 0.5) is 5.69 Å². The van der Waals surface area contributed by atoms with Gasteiger partial charge in [0, 0.05) is 37.1 Å². The van der Waals surface area contributed by atoms with Gasteiger partial charge in [0.1, 0.15) is 18.5 Å². The van der Waals surface area contributed by atoms with Crippen molar-refractivity contribution in [3.63, 3.8) is 0 Å². The van der Waals surface area contributed by atoms with E-state index in [1.807, 2.05) is 42.5 Å². The highest BCUT2D eigenvalue weighted by Crippen LogP contribution is 2.27. The Balaban J connectivity index is 1.34. The summed E-state index contributed by atoms with van der Waals surface area (Å²) in [6.07, 6.45) is 1.72. The molecule has 1 heterocycles. The van der Waals surface area contributed by atoms with Gasteiger partial charge in [-0.1, -0.05) is 48.5 Å². The maximum absolute atomic E-state index is 10.5. The van der Waals surface area contributed by atoms with Crippen molar-refractivity contribution in [3.8, 4) is 16.9 Å². The molecule has 3 aromatic carbocycles. The minimum Gasteiger partial charge on any atom is -0.491 e. The summed E-state index contributed by atoms with van der Waals surface area (Å²) in [6.45, 7) is 2.67. The summed E-state index contributed by atoms with van der Waals surface area (Å²) in [6, 6.07) is 21.9. The van der Waals surface area contributed by atoms with Crippen molar-refractivity contribution in [1.29, 1.82) is 5.41 Å². The number of benzene rings is 3. The van der Waals surface area contributed by atoms with Gasteiger partial charge in [-0.15, -0.1) is 0 Å². The predicted octanol–water partition coefficient (Wildman–Crippen LogP) is 3.73. The molecule has 0 aliphatic carbocycles. The molecule has 30 heavy (non-hydrogen) atoms. The number of nitrogens with two attached hydrogens (primary N) is 1. The molecule has 0 spiro atoms. The van der Waals surface area contributed by atoms with E-state index in [-0.39, 0.29) is 6.61 Å². The van der Waals surface area contributed by atoms with E-state index in [0.29, 0.717) is 23.5 Å². The molecule has 1 aliphatic heterocycles. The number of nitrogen functional groups attached to an aromatic ring is 1. The smallest absolute Gasteiger partial charge is 0.120 e. The van der Waals surface area contributed by atoms with Gasteiger partial charge in [-0.3, -0.25) is 4.90 Å². The Labute approximate surface area is 177 Å². The quantitative estimate of drug-likeness (QED) is 0.416. The first kappa shape index (κ1) is 20.1. The standard InChI is InChI=1S/C25H27N3O2/c26-14-21-9-8-20(13-25(21)27)19-6-3-7-24(12-19)30-17-23(29)16-28-11-10-18-4-1-2-5-22(18)15-28/h1-9,12-14,23,26,29H,10-11,15-17,27H2. The fourth-order valence-corrected chi connectivity index (χ4v) is 3.90. The third-order valence-corrected chi connectivity index (χ3v) is 5.53. The Morgan fingerprint density at radius 1 is 1.03 bits per heavy atom. The van der Waals surface area contributed by atoms with Crippen molar-refractivity contribution >= 4 is 11.9 Å². The minimum absolute atomic E-state index is 0.247. The number of β-amino-alcohol motifs (C(OH)–C–C–N with tert-alkyl or cyclic N) is 1. The van der Waals surface area contributed by atoms with Crippen molar-refractivity contribution in [2.45, 2.75) is 19.1 Å². The highest BCUT2D eigenvalue weighted by atomic mass is 16.5. The zero-order valence-corrected chi connectivity index (χ0v) is 16.9. The molecule has 4 N–H and O–H groups in total. The average Bonchev–Trinajstić information content (AvgIpc) is 2.78. The normalized spacial score (nSPS) is 14.7. The lowest BCUT2D eigenvalue weighted by molar-refractivity contribution is 0.0638. The maximum atomic E-state index is 10.5. The molecular weight excluding hydrogens is 374 g/mol. The number of fused-ring (bicyclic) bond motifs is 1. The number of aliphatic hydroxyl groups is 1. The number of hydrogen-bond acceptors (Lipinski definition) is 5. The summed E-state index contributed by atoms with van der Waals surface area (Å²) in [5, 5.41) is 17.9. The molecule has 0 saturated carbocycles. The summed E-state index contributed by atoms with van der Waals surface area (Å²) in [5.41, 5.74) is 12.0. The van der Waals surface area contributed by atoms with E-state index >= 15 is 0 Å². The summed E-state index contributed by atoms with van der Waals surface area (Å²) >= 11 is 0. The number of hydrogen-bond donors (Lipinski definition) is 3. The monoisotopic (exact) mass is 401 g/mol. The van der Waals surface area contributed by atoms with Crippen LogP contribution in [0.1, 0.15) is 16.7 Å². The van der Waals surface area contributed by atoms with Gasteiger partial charge < -0.3 is 21.0 Å². The van der Waals surface area contributed by atoms with E-state index in [0.717, 1.165) is 30.6 Å². The highest BCUT2D eigenvalue weighted by molar-refractivity contribution is 5.87. The Bertz CT molecular complexity index is 1030. The van der Waals surface area contributed by atoms with Gasteiger partial charge >= 0.3 is 0 Å². The number of nitrogens with zero attached hydrogens (tertiary/aromatic N) is 1. The van der Waals surface area contributed by atoms with Crippen LogP contribution in [0.3, 0.4) is 0 Å². The molecule has 1 aliphatic rings. The molecule has 0 aromatic heterocycles. The van der Waals surface area contributed by atoms with Crippen LogP contribution in [0.25, 0.3) is 11.1 Å². The molecule has 154 valence electrons. The van der Waals surface area contributed by atoms with Crippen LogP contribution in [0.5, 0.6) is 5.75 Å². The Hall–Kier alpha value is -3.15. The second-order valence-electron chi connectivity index (χ2n) is 7.73. The van der Waals surface area contributed by atoms with Crippen LogP contribution in [0, 0.1) is 5.41 Å². The van der Waals surface area contributed by atoms with Gasteiger partial charge in [0.2, 0.25) is 0 Å². The van der Waals surface area contributed by atoms with Gasteiger partial charge in [0.25, 0.3) is 0 Å². The molecule has 4 rings (SSSR count). The number of anilines is 1. The van der Waals surface area contributed by atoms with Crippen molar-refractivity contribution in [1.82, 2.24) is 4.90 Å². The maximum Gasteiger partial charge on any atom is 0.120 e. The summed E-state index contributed by atoms with van der Waals surface area (Å²) < 4.78 is 5.87. The van der Waals surface area contributed by atoms with Crippen LogP contribution in [-0.2, 0) is 13.0 Å². The molecule has 1 atom stereocenters. The van der Waals surface area contributed by atoms with Crippen molar-refractivity contribution < 1.29 is 9.84 Å². The van der Waals surface area contributed by atoms with E-state index in [2.05, 4.69) is 29.2 Å². The lowest BCUT2D eigenvalue weighted by Gasteiger charge is -2.30. The molecule has 0 saturated heterocycles. The number of aliphatic hydroxyl groups excluding tert-OH is 1. The Kier molecular flexibility index (Phi) is 6.12. The zero-order valence-electron chi connectivity index (χ0n) is 16.9. The first-order valence-electron chi connectivity index (χ1n) is 10.2. The largest absolute Gasteiger partial charge is 0.491 e. The van der Waals surface area contributed by atoms with Gasteiger partial charge in [0.05, 0.1) is 0 Å². The molecule has 5 heteroatoms. The molecule has 5 nitrogen and oxygen atoms in total. The topological polar surface area (TPSA) is 82.6 Å². The van der Waals surface area contributed by atoms with E-state index in [4.69, 9.17) is 15.9 Å². The second kappa shape index (κ2) is 9.11. The van der Waals surface area contributed by atoms with Crippen LogP contribution in [0.15, 0.2) is 66.7 Å². The van der Waals surface area contributed by atoms with E-state index < -0.39 is 6.10 Å². The first-order chi connectivity index (χ1) is 14.6. The summed E-state index contributed by atoms with van der Waals surface area (Å²) in [5.74, 6) is 0.713.